The SMILES string of the molecule is C=C(O)c1ccc2c(c1C)CC[C@@H]2NC(=O)c1cc(C(=O)NCc2ccc3snc(C)c3c2)nc2c(F)cnn12.CC(=O)c1ccc2c(c1C)CC[C@@H]2NC(=O)c1cc(C(=O)NCc2ccc(F)c(F)c2)nc2ccnn12. The number of carbonyl (C=O) groups excluding carboxylic acids is 5. The Bertz CT molecular complexity index is 3940. The molecular weight excluding hydrogens is 1010 g/mol. The molecule has 11 rings (SSSR count). The molecule has 5 N–H and O–H groups in total. The van der Waals surface area contributed by atoms with Crippen LogP contribution in [0.1, 0.15) is 140 Å². The van der Waals surface area contributed by atoms with Crippen LogP contribution in [0.15, 0.2) is 97.8 Å². The van der Waals surface area contributed by atoms with Gasteiger partial charge in [-0.15, -0.1) is 0 Å². The van der Waals surface area contributed by atoms with Crippen LogP contribution in [0, 0.1) is 38.2 Å². The van der Waals surface area contributed by atoms with E-state index in [2.05, 4.69) is 52.4 Å². The predicted octanol–water partition coefficient (Wildman–Crippen LogP) is 8.84. The van der Waals surface area contributed by atoms with Gasteiger partial charge in [0.2, 0.25) is 0 Å². The number of hydrogen-bond acceptors (Lipinski definition) is 12. The van der Waals surface area contributed by atoms with Crippen LogP contribution in [0.2, 0.25) is 0 Å². The molecule has 5 aromatic heterocycles. The molecule has 0 fully saturated rings. The first-order valence-electron chi connectivity index (χ1n) is 24.4. The van der Waals surface area contributed by atoms with E-state index >= 15 is 0 Å². The van der Waals surface area contributed by atoms with Crippen LogP contribution >= 0.6 is 11.5 Å². The number of nitrogens with zero attached hydrogens (tertiary/aromatic N) is 7. The Morgan fingerprint density at radius 3 is 1.88 bits per heavy atom. The minimum absolute atomic E-state index is 0.000939. The normalized spacial score (nSPS) is 14.4. The van der Waals surface area contributed by atoms with Crippen LogP contribution in [0.5, 0.6) is 0 Å². The number of fused-ring (bicyclic) bond motifs is 5. The molecule has 0 bridgehead atoms. The number of hydrogen-bond donors (Lipinski definition) is 5. The van der Waals surface area contributed by atoms with Gasteiger partial charge in [0, 0.05) is 47.8 Å². The molecule has 0 spiro atoms. The molecule has 0 saturated carbocycles. The molecule has 2 aliphatic carbocycles. The molecule has 5 heterocycles. The Labute approximate surface area is 441 Å². The molecular formula is C56H48F3N11O6S. The van der Waals surface area contributed by atoms with Gasteiger partial charge in [0.25, 0.3) is 23.6 Å². The van der Waals surface area contributed by atoms with E-state index in [0.29, 0.717) is 35.2 Å². The van der Waals surface area contributed by atoms with Crippen molar-refractivity contribution in [1.82, 2.24) is 54.8 Å². The molecule has 77 heavy (non-hydrogen) atoms. The second kappa shape index (κ2) is 20.9. The maximum atomic E-state index is 14.5. The first-order valence-corrected chi connectivity index (χ1v) is 25.2. The quantitative estimate of drug-likeness (QED) is 0.0574. The lowest BCUT2D eigenvalue weighted by Crippen LogP contribution is -2.30. The van der Waals surface area contributed by atoms with Crippen LogP contribution in [0.4, 0.5) is 13.2 Å². The minimum Gasteiger partial charge on any atom is -0.508 e. The summed E-state index contributed by atoms with van der Waals surface area (Å²) in [4.78, 5) is 73.0. The summed E-state index contributed by atoms with van der Waals surface area (Å²) in [5.41, 5.74) is 9.49. The van der Waals surface area contributed by atoms with Gasteiger partial charge >= 0.3 is 0 Å². The van der Waals surface area contributed by atoms with Gasteiger partial charge in [-0.05, 0) is 134 Å². The standard InChI is InChI=1S/C29H25FN6O3S.C27H23F2N5O3/c1-14-18(16(3)37)5-6-20-19(14)7-8-23(20)34-29(39)25-11-24(33-27-22(30)13-32-36(25)27)28(38)31-12-17-4-9-26-21(10-17)15(2)35-40-26;1-14-17(15(2)35)4-5-19-18(14)6-8-22(19)33-27(37)24-12-23(32-25-9-10-31-34(24)25)26(36)30-13-16-3-7-20(28)21(29)11-16/h4-6,9-11,13,23,37H,3,7-8,12H2,1-2H3,(H,31,38)(H,34,39);3-5,7,9-12,22H,6,8,13H2,1-2H3,(H,30,36)(H,33,37)/t23-;22-/m00/s1. The Morgan fingerprint density at radius 2 is 1.26 bits per heavy atom. The maximum Gasteiger partial charge on any atom is 0.270 e. The van der Waals surface area contributed by atoms with Crippen LogP contribution in [-0.2, 0) is 25.9 Å². The first kappa shape index (κ1) is 51.4. The van der Waals surface area contributed by atoms with Crippen molar-refractivity contribution in [2.45, 2.75) is 78.6 Å². The van der Waals surface area contributed by atoms with Crippen molar-refractivity contribution >= 4 is 68.1 Å². The zero-order valence-corrected chi connectivity index (χ0v) is 42.7. The molecule has 17 nitrogen and oxygen atoms in total. The van der Waals surface area contributed by atoms with E-state index in [9.17, 15) is 42.3 Å². The molecule has 2 aliphatic rings. The Hall–Kier alpha value is -9.11. The fourth-order valence-electron chi connectivity index (χ4n) is 10.0. The Balaban J connectivity index is 0.000000175. The van der Waals surface area contributed by atoms with Gasteiger partial charge in [0.05, 0.1) is 34.9 Å². The molecule has 2 atom stereocenters. The zero-order chi connectivity index (χ0) is 54.4. The van der Waals surface area contributed by atoms with Gasteiger partial charge in [-0.3, -0.25) is 24.0 Å². The lowest BCUT2D eigenvalue weighted by molar-refractivity contribution is 0.0916. The van der Waals surface area contributed by atoms with E-state index in [1.807, 2.05) is 51.1 Å². The number of carbonyl (C=O) groups is 5. The smallest absolute Gasteiger partial charge is 0.270 e. The first-order chi connectivity index (χ1) is 36.9. The molecule has 0 saturated heterocycles. The van der Waals surface area contributed by atoms with Crippen LogP contribution < -0.4 is 21.3 Å². The molecule has 390 valence electrons. The molecule has 21 heteroatoms. The summed E-state index contributed by atoms with van der Waals surface area (Å²) in [7, 11) is 0. The number of aryl methyl sites for hydroxylation is 1. The molecule has 4 amide bonds. The number of benzene rings is 4. The third-order valence-corrected chi connectivity index (χ3v) is 14.9. The van der Waals surface area contributed by atoms with E-state index in [1.54, 1.807) is 18.2 Å². The number of amides is 4. The number of aliphatic hydroxyl groups excluding tert-OH is 1. The molecule has 4 aromatic carbocycles. The molecule has 0 radical (unpaired) electrons. The third-order valence-electron chi connectivity index (χ3n) is 14.0. The highest BCUT2D eigenvalue weighted by Gasteiger charge is 2.31. The summed E-state index contributed by atoms with van der Waals surface area (Å²) in [5, 5.41) is 30.5. The molecule has 0 unspecified atom stereocenters. The average molecular weight is 1060 g/mol. The van der Waals surface area contributed by atoms with Crippen molar-refractivity contribution in [1.29, 1.82) is 0 Å². The third kappa shape index (κ3) is 10.1. The van der Waals surface area contributed by atoms with E-state index in [1.165, 1.54) is 47.4 Å². The maximum absolute atomic E-state index is 14.5. The zero-order valence-electron chi connectivity index (χ0n) is 41.9. The Morgan fingerprint density at radius 1 is 0.675 bits per heavy atom. The summed E-state index contributed by atoms with van der Waals surface area (Å²) < 4.78 is 49.0. The summed E-state index contributed by atoms with van der Waals surface area (Å²) >= 11 is 1.42. The van der Waals surface area contributed by atoms with Gasteiger partial charge in [0.15, 0.2) is 34.5 Å². The topological polar surface area (TPSA) is 227 Å². The van der Waals surface area contributed by atoms with Crippen molar-refractivity contribution in [2.75, 3.05) is 0 Å². The lowest BCUT2D eigenvalue weighted by atomic mass is 9.96. The Kier molecular flexibility index (Phi) is 13.9. The highest BCUT2D eigenvalue weighted by molar-refractivity contribution is 7.13. The largest absolute Gasteiger partial charge is 0.508 e. The molecule has 0 aliphatic heterocycles. The minimum atomic E-state index is -1.01. The van der Waals surface area contributed by atoms with Crippen molar-refractivity contribution in [3.05, 3.63) is 199 Å². The van der Waals surface area contributed by atoms with Gasteiger partial charge in [-0.2, -0.15) is 14.6 Å². The van der Waals surface area contributed by atoms with Crippen molar-refractivity contribution < 1.29 is 42.3 Å². The van der Waals surface area contributed by atoms with Gasteiger partial charge < -0.3 is 26.4 Å². The fourth-order valence-corrected chi connectivity index (χ4v) is 10.8. The fraction of sp³-hybridized carbons (Fsp3) is 0.214. The second-order valence-electron chi connectivity index (χ2n) is 18.8. The van der Waals surface area contributed by atoms with Crippen LogP contribution in [-0.4, -0.2) is 68.1 Å². The van der Waals surface area contributed by atoms with Crippen molar-refractivity contribution in [3.8, 4) is 0 Å². The van der Waals surface area contributed by atoms with E-state index < -0.39 is 41.1 Å². The highest BCUT2D eigenvalue weighted by atomic mass is 32.1. The van der Waals surface area contributed by atoms with Crippen LogP contribution in [0.25, 0.3) is 27.1 Å². The summed E-state index contributed by atoms with van der Waals surface area (Å²) in [5.74, 6) is -4.80. The van der Waals surface area contributed by atoms with Gasteiger partial charge in [-0.25, -0.2) is 32.2 Å². The number of rotatable bonds is 12. The summed E-state index contributed by atoms with van der Waals surface area (Å²) in [6.45, 7) is 11.1. The number of aliphatic hydroxyl groups is 1. The number of aromatic nitrogens is 7. The van der Waals surface area contributed by atoms with Crippen molar-refractivity contribution in [2.24, 2.45) is 0 Å². The lowest BCUT2D eigenvalue weighted by Gasteiger charge is -2.16. The number of Topliss-reactive ketones (excluding diaryl/α,β-unsaturated/α-hetero) is 1. The van der Waals surface area contributed by atoms with E-state index in [0.717, 1.165) is 90.4 Å². The van der Waals surface area contributed by atoms with E-state index in [-0.39, 0.29) is 65.1 Å². The van der Waals surface area contributed by atoms with Crippen molar-refractivity contribution in [3.63, 3.8) is 0 Å². The van der Waals surface area contributed by atoms with Gasteiger partial charge in [0.1, 0.15) is 28.5 Å². The summed E-state index contributed by atoms with van der Waals surface area (Å²) in [6.07, 6.45) is 5.22. The number of nitrogens with one attached hydrogen (secondary N) is 4. The van der Waals surface area contributed by atoms with Crippen LogP contribution in [0.3, 0.4) is 0 Å². The van der Waals surface area contributed by atoms with Gasteiger partial charge in [-0.1, -0.05) is 43.0 Å². The average Bonchev–Trinajstić information content (AvgIpc) is 4.29. The number of halogens is 3. The monoisotopic (exact) mass is 1060 g/mol. The molecule has 9 aromatic rings. The highest BCUT2D eigenvalue weighted by Crippen LogP contribution is 2.37. The summed E-state index contributed by atoms with van der Waals surface area (Å²) in [6, 6.07) is 20.2. The second-order valence-corrected chi connectivity index (χ2v) is 19.6. The van der Waals surface area contributed by atoms with E-state index in [4.69, 9.17) is 0 Å². The number of ketones is 1. The predicted molar refractivity (Wildman–Crippen MR) is 280 cm³/mol.